The van der Waals surface area contributed by atoms with E-state index in [0.717, 1.165) is 48.0 Å². The Morgan fingerprint density at radius 2 is 1.34 bits per heavy atom. The highest BCUT2D eigenvalue weighted by molar-refractivity contribution is 7.18. The van der Waals surface area contributed by atoms with Crippen molar-refractivity contribution in [3.8, 4) is 66.2 Å². The van der Waals surface area contributed by atoms with Gasteiger partial charge in [0.1, 0.15) is 5.75 Å². The van der Waals surface area contributed by atoms with Crippen LogP contribution in [0.5, 0.6) is 5.75 Å². The maximum Gasteiger partial charge on any atom is 0.168 e. The number of ether oxygens (including phenoxy) is 1. The Labute approximate surface area is 362 Å². The second-order valence-corrected chi connectivity index (χ2v) is 17.3. The normalized spacial score (nSPS) is 12.7. The van der Waals surface area contributed by atoms with Crippen molar-refractivity contribution in [3.05, 3.63) is 180 Å². The Bertz CT molecular complexity index is 2760. The number of benzene rings is 5. The van der Waals surface area contributed by atoms with Crippen molar-refractivity contribution in [3.63, 3.8) is 0 Å². The molecule has 5 aromatic carbocycles. The van der Waals surface area contributed by atoms with E-state index in [2.05, 4.69) is 116 Å². The van der Waals surface area contributed by atoms with Crippen molar-refractivity contribution in [2.45, 2.75) is 64.2 Å². The first kappa shape index (κ1) is 41.3. The molecule has 0 atom stereocenters. The van der Waals surface area contributed by atoms with Crippen molar-refractivity contribution in [2.24, 2.45) is 0 Å². The largest absolute Gasteiger partial charge is 0.494 e. The molecule has 6 heteroatoms. The molecule has 7 aromatic rings. The minimum absolute atomic E-state index is 0.0483. The predicted molar refractivity (Wildman–Crippen MR) is 249 cm³/mol. The van der Waals surface area contributed by atoms with Crippen LogP contribution in [0.3, 0.4) is 0 Å². The number of hydrogen-bond acceptors (Lipinski definition) is 4. The monoisotopic (exact) mass is 822 g/mol. The lowest BCUT2D eigenvalue weighted by Crippen LogP contribution is -2.15. The third-order valence-electron chi connectivity index (χ3n) is 11.8. The van der Waals surface area contributed by atoms with Crippen molar-refractivity contribution in [1.82, 2.24) is 4.98 Å². The molecule has 0 saturated carbocycles. The fourth-order valence-electron chi connectivity index (χ4n) is 8.29. The molecule has 0 fully saturated rings. The third kappa shape index (κ3) is 9.04. The number of halogens is 2. The summed E-state index contributed by atoms with van der Waals surface area (Å²) in [6, 6.07) is 44.3. The van der Waals surface area contributed by atoms with E-state index in [1.54, 1.807) is 18.2 Å². The van der Waals surface area contributed by atoms with Gasteiger partial charge in [-0.1, -0.05) is 100 Å². The Hall–Kier alpha value is -6.42. The number of fused-ring (bicyclic) bond motifs is 3. The molecular formula is C55H48F2N2OS. The van der Waals surface area contributed by atoms with E-state index in [-0.39, 0.29) is 16.7 Å². The van der Waals surface area contributed by atoms with E-state index in [1.807, 2.05) is 29.5 Å². The Morgan fingerprint density at radius 1 is 0.705 bits per heavy atom. The minimum Gasteiger partial charge on any atom is -0.494 e. The van der Waals surface area contributed by atoms with Crippen LogP contribution in [-0.2, 0) is 5.41 Å². The van der Waals surface area contributed by atoms with E-state index in [1.165, 1.54) is 93.6 Å². The summed E-state index contributed by atoms with van der Waals surface area (Å²) in [6.45, 7) is 9.18. The SMILES string of the molecule is C=CCCCCCCCCOc1ccc(-c2ccc(-c3ccc4c(c3)C(C)(C)c3cc(-c5ccc(/C=C(\C#N)c6ccnc(-c7cccc(F)c7F)c6)cc5)ccc3-4)s2)cc1. The minimum atomic E-state index is -0.965. The van der Waals surface area contributed by atoms with Gasteiger partial charge in [-0.05, 0) is 154 Å². The van der Waals surface area contributed by atoms with Crippen LogP contribution in [0.4, 0.5) is 8.78 Å². The molecule has 61 heavy (non-hydrogen) atoms. The second-order valence-electron chi connectivity index (χ2n) is 16.2. The molecule has 2 aromatic heterocycles. The van der Waals surface area contributed by atoms with Crippen LogP contribution >= 0.6 is 11.3 Å². The summed E-state index contributed by atoms with van der Waals surface area (Å²) < 4.78 is 34.5. The van der Waals surface area contributed by atoms with Crippen molar-refractivity contribution >= 4 is 23.0 Å². The Morgan fingerprint density at radius 3 is 2.07 bits per heavy atom. The molecule has 0 spiro atoms. The first-order valence-corrected chi connectivity index (χ1v) is 21.9. The number of unbranched alkanes of at least 4 members (excludes halogenated alkanes) is 6. The van der Waals surface area contributed by atoms with Gasteiger partial charge in [-0.3, -0.25) is 4.98 Å². The lowest BCUT2D eigenvalue weighted by atomic mass is 9.81. The number of thiophene rings is 1. The number of nitrogens with zero attached hydrogens (tertiary/aromatic N) is 2. The van der Waals surface area contributed by atoms with E-state index >= 15 is 0 Å². The fourth-order valence-corrected chi connectivity index (χ4v) is 9.30. The van der Waals surface area contributed by atoms with Gasteiger partial charge < -0.3 is 4.74 Å². The third-order valence-corrected chi connectivity index (χ3v) is 12.9. The summed E-state index contributed by atoms with van der Waals surface area (Å²) >= 11 is 1.82. The molecule has 8 rings (SSSR count). The van der Waals surface area contributed by atoms with Gasteiger partial charge in [0.05, 0.1) is 23.9 Å². The molecule has 3 nitrogen and oxygen atoms in total. The first-order valence-electron chi connectivity index (χ1n) is 21.1. The average molecular weight is 823 g/mol. The summed E-state index contributed by atoms with van der Waals surface area (Å²) in [5, 5.41) is 10.1. The summed E-state index contributed by atoms with van der Waals surface area (Å²) in [5.41, 5.74) is 11.7. The zero-order valence-electron chi connectivity index (χ0n) is 34.7. The van der Waals surface area contributed by atoms with Crippen LogP contribution in [0, 0.1) is 23.0 Å². The molecule has 0 radical (unpaired) electrons. The van der Waals surface area contributed by atoms with Crippen molar-refractivity contribution in [1.29, 1.82) is 5.26 Å². The van der Waals surface area contributed by atoms with Gasteiger partial charge in [0, 0.05) is 26.9 Å². The molecule has 0 saturated heterocycles. The Balaban J connectivity index is 0.931. The summed E-state index contributed by atoms with van der Waals surface area (Å²) in [4.78, 5) is 6.71. The van der Waals surface area contributed by atoms with E-state index in [0.29, 0.717) is 11.1 Å². The first-order chi connectivity index (χ1) is 29.7. The quantitative estimate of drug-likeness (QED) is 0.0554. The lowest BCUT2D eigenvalue weighted by Gasteiger charge is -2.22. The average Bonchev–Trinajstić information content (AvgIpc) is 3.87. The highest BCUT2D eigenvalue weighted by Gasteiger charge is 2.36. The van der Waals surface area contributed by atoms with Gasteiger partial charge in [0.25, 0.3) is 0 Å². The lowest BCUT2D eigenvalue weighted by molar-refractivity contribution is 0.304. The van der Waals surface area contributed by atoms with Gasteiger partial charge in [-0.15, -0.1) is 17.9 Å². The topological polar surface area (TPSA) is 45.9 Å². The van der Waals surface area contributed by atoms with Crippen molar-refractivity contribution in [2.75, 3.05) is 6.61 Å². The summed E-state index contributed by atoms with van der Waals surface area (Å²) in [5.74, 6) is -0.982. The van der Waals surface area contributed by atoms with Crippen LogP contribution in [0.2, 0.25) is 0 Å². The Kier molecular flexibility index (Phi) is 12.5. The molecule has 0 bridgehead atoms. The summed E-state index contributed by atoms with van der Waals surface area (Å²) in [6.07, 6.45) is 13.8. The maximum atomic E-state index is 14.5. The summed E-state index contributed by atoms with van der Waals surface area (Å²) in [7, 11) is 0. The number of nitriles is 1. The highest BCUT2D eigenvalue weighted by Crippen LogP contribution is 2.51. The van der Waals surface area contributed by atoms with Gasteiger partial charge >= 0.3 is 0 Å². The fraction of sp³-hybridized carbons (Fsp3) is 0.200. The van der Waals surface area contributed by atoms with Crippen LogP contribution in [-0.4, -0.2) is 11.6 Å². The van der Waals surface area contributed by atoms with Gasteiger partial charge in [-0.25, -0.2) is 8.78 Å². The number of hydrogen-bond donors (Lipinski definition) is 0. The molecule has 2 heterocycles. The molecule has 0 amide bonds. The second kappa shape index (κ2) is 18.5. The molecule has 1 aliphatic carbocycles. The van der Waals surface area contributed by atoms with Crippen LogP contribution < -0.4 is 4.74 Å². The van der Waals surface area contributed by atoms with E-state index in [4.69, 9.17) is 4.74 Å². The van der Waals surface area contributed by atoms with Crippen LogP contribution in [0.15, 0.2) is 146 Å². The molecule has 0 aliphatic heterocycles. The number of allylic oxidation sites excluding steroid dienone is 2. The number of rotatable bonds is 16. The smallest absolute Gasteiger partial charge is 0.168 e. The predicted octanol–water partition coefficient (Wildman–Crippen LogP) is 15.8. The number of aromatic nitrogens is 1. The van der Waals surface area contributed by atoms with Crippen LogP contribution in [0.25, 0.3) is 66.0 Å². The maximum absolute atomic E-state index is 14.5. The van der Waals surface area contributed by atoms with Gasteiger partial charge in [-0.2, -0.15) is 5.26 Å². The van der Waals surface area contributed by atoms with Crippen molar-refractivity contribution < 1.29 is 13.5 Å². The number of pyridine rings is 1. The van der Waals surface area contributed by atoms with Gasteiger partial charge in [0.15, 0.2) is 11.6 Å². The molecular weight excluding hydrogens is 775 g/mol. The molecule has 304 valence electrons. The van der Waals surface area contributed by atoms with E-state index in [9.17, 15) is 14.0 Å². The molecule has 1 aliphatic rings. The van der Waals surface area contributed by atoms with E-state index < -0.39 is 11.6 Å². The molecule has 0 unspecified atom stereocenters. The van der Waals surface area contributed by atoms with Crippen LogP contribution in [0.1, 0.15) is 81.0 Å². The standard InChI is InChI=1S/C55H48F2N2OS/c1-4-5-6-7-8-9-10-11-31-60-44-23-19-39(20-24-44)52-27-28-53(61-52)42-22-26-46-45-25-21-40(33-48(45)55(2,3)49(46)34-42)38-17-15-37(16-18-38)32-43(36-58)41-29-30-59-51(35-41)47-13-12-14-50(56)54(47)57/h4,12-30,32-35H,1,5-11,31H2,2-3H3/b43-32+. The van der Waals surface area contributed by atoms with Gasteiger partial charge in [0.2, 0.25) is 0 Å². The zero-order valence-corrected chi connectivity index (χ0v) is 35.5. The zero-order chi connectivity index (χ0) is 42.3. The highest BCUT2D eigenvalue weighted by atomic mass is 32.1. The molecule has 0 N–H and O–H groups in total.